The van der Waals surface area contributed by atoms with Gasteiger partial charge in [-0.05, 0) is 37.1 Å². The summed E-state index contributed by atoms with van der Waals surface area (Å²) in [4.78, 5) is 23.1. The van der Waals surface area contributed by atoms with Gasteiger partial charge in [0.15, 0.2) is 0 Å². The number of carbonyl (C=O) groups excluding carboxylic acids is 1. The van der Waals surface area contributed by atoms with Crippen molar-refractivity contribution < 1.29 is 9.21 Å². The molecule has 0 aliphatic carbocycles. The van der Waals surface area contributed by atoms with E-state index < -0.39 is 0 Å². The molecule has 122 valence electrons. The van der Waals surface area contributed by atoms with E-state index >= 15 is 0 Å². The minimum Gasteiger partial charge on any atom is -0.464 e. The molecule has 1 aliphatic heterocycles. The fourth-order valence-corrected chi connectivity index (χ4v) is 3.11. The maximum atomic E-state index is 12.5. The molecule has 0 bridgehead atoms. The van der Waals surface area contributed by atoms with E-state index in [2.05, 4.69) is 20.2 Å². The Morgan fingerprint density at radius 3 is 2.88 bits per heavy atom. The zero-order chi connectivity index (χ0) is 16.4. The highest BCUT2D eigenvalue weighted by Gasteiger charge is 2.25. The highest BCUT2D eigenvalue weighted by molar-refractivity contribution is 5.94. The molecule has 0 saturated carbocycles. The van der Waals surface area contributed by atoms with Crippen LogP contribution in [0.3, 0.4) is 0 Å². The fraction of sp³-hybridized carbons (Fsp3) is 0.278. The van der Waals surface area contributed by atoms with Gasteiger partial charge in [-0.2, -0.15) is 0 Å². The number of anilines is 2. The van der Waals surface area contributed by atoms with Gasteiger partial charge in [0, 0.05) is 42.5 Å². The van der Waals surface area contributed by atoms with E-state index in [1.807, 2.05) is 24.3 Å². The largest absolute Gasteiger partial charge is 0.464 e. The number of piperidine rings is 1. The van der Waals surface area contributed by atoms with Crippen molar-refractivity contribution in [2.45, 2.75) is 12.8 Å². The van der Waals surface area contributed by atoms with E-state index in [1.54, 1.807) is 24.9 Å². The number of hydrogen-bond donors (Lipinski definition) is 1. The van der Waals surface area contributed by atoms with Crippen LogP contribution in [0, 0.1) is 5.92 Å². The zero-order valence-electron chi connectivity index (χ0n) is 13.2. The maximum Gasteiger partial charge on any atom is 0.227 e. The summed E-state index contributed by atoms with van der Waals surface area (Å²) in [6.07, 6.45) is 8.41. The number of nitrogens with one attached hydrogen (secondary N) is 1. The van der Waals surface area contributed by atoms with Gasteiger partial charge in [-0.25, -0.2) is 4.98 Å². The molecule has 6 nitrogen and oxygen atoms in total. The van der Waals surface area contributed by atoms with Crippen molar-refractivity contribution in [1.29, 1.82) is 0 Å². The highest BCUT2D eigenvalue weighted by Crippen LogP contribution is 2.24. The summed E-state index contributed by atoms with van der Waals surface area (Å²) < 4.78 is 5.32. The smallest absolute Gasteiger partial charge is 0.227 e. The van der Waals surface area contributed by atoms with Crippen LogP contribution in [0.4, 0.5) is 11.5 Å². The number of furan rings is 1. The fourth-order valence-electron chi connectivity index (χ4n) is 3.11. The van der Waals surface area contributed by atoms with Gasteiger partial charge < -0.3 is 14.6 Å². The monoisotopic (exact) mass is 322 g/mol. The van der Waals surface area contributed by atoms with Crippen molar-refractivity contribution in [2.24, 2.45) is 5.92 Å². The SMILES string of the molecule is O=C(Nc1ccc2occc2c1)C1CCN(c2cnccn2)CC1. The second kappa shape index (κ2) is 6.31. The first-order chi connectivity index (χ1) is 11.8. The minimum absolute atomic E-state index is 0.0259. The van der Waals surface area contributed by atoms with E-state index in [4.69, 9.17) is 4.42 Å². The first-order valence-corrected chi connectivity index (χ1v) is 8.09. The molecule has 0 unspecified atom stereocenters. The molecule has 6 heteroatoms. The van der Waals surface area contributed by atoms with E-state index in [1.165, 1.54) is 0 Å². The Balaban J connectivity index is 1.37. The van der Waals surface area contributed by atoms with Crippen LogP contribution in [0.15, 0.2) is 53.5 Å². The number of rotatable bonds is 3. The van der Waals surface area contributed by atoms with E-state index in [-0.39, 0.29) is 11.8 Å². The van der Waals surface area contributed by atoms with Gasteiger partial charge in [-0.3, -0.25) is 9.78 Å². The van der Waals surface area contributed by atoms with Gasteiger partial charge in [0.05, 0.1) is 12.5 Å². The third-order valence-electron chi connectivity index (χ3n) is 4.46. The highest BCUT2D eigenvalue weighted by atomic mass is 16.3. The quantitative estimate of drug-likeness (QED) is 0.802. The zero-order valence-corrected chi connectivity index (χ0v) is 13.2. The van der Waals surface area contributed by atoms with Crippen LogP contribution in [0.2, 0.25) is 0 Å². The molecule has 3 heterocycles. The summed E-state index contributed by atoms with van der Waals surface area (Å²) in [7, 11) is 0. The van der Waals surface area contributed by atoms with E-state index in [0.29, 0.717) is 0 Å². The molecule has 1 fully saturated rings. The molecule has 0 spiro atoms. The summed E-state index contributed by atoms with van der Waals surface area (Å²) in [5.41, 5.74) is 1.63. The van der Waals surface area contributed by atoms with Crippen LogP contribution in [0.1, 0.15) is 12.8 Å². The van der Waals surface area contributed by atoms with Crippen molar-refractivity contribution in [3.8, 4) is 0 Å². The lowest BCUT2D eigenvalue weighted by molar-refractivity contribution is -0.120. The number of fused-ring (bicyclic) bond motifs is 1. The number of carbonyl (C=O) groups is 1. The third-order valence-corrected chi connectivity index (χ3v) is 4.46. The lowest BCUT2D eigenvalue weighted by Crippen LogP contribution is -2.38. The first kappa shape index (κ1) is 14.7. The van der Waals surface area contributed by atoms with Crippen LogP contribution in [-0.2, 0) is 4.79 Å². The second-order valence-corrected chi connectivity index (χ2v) is 5.99. The molecule has 1 N–H and O–H groups in total. The Hall–Kier alpha value is -2.89. The molecule has 0 radical (unpaired) electrons. The maximum absolute atomic E-state index is 12.5. The number of hydrogen-bond acceptors (Lipinski definition) is 5. The van der Waals surface area contributed by atoms with Crippen LogP contribution in [0.5, 0.6) is 0 Å². The predicted molar refractivity (Wildman–Crippen MR) is 91.8 cm³/mol. The van der Waals surface area contributed by atoms with Crippen molar-refractivity contribution in [2.75, 3.05) is 23.3 Å². The molecule has 0 atom stereocenters. The van der Waals surface area contributed by atoms with Gasteiger partial charge in [0.25, 0.3) is 0 Å². The second-order valence-electron chi connectivity index (χ2n) is 5.99. The van der Waals surface area contributed by atoms with E-state index in [9.17, 15) is 4.79 Å². The summed E-state index contributed by atoms with van der Waals surface area (Å²) >= 11 is 0. The molecule has 1 aromatic carbocycles. The molecule has 2 aromatic heterocycles. The standard InChI is InChI=1S/C18H18N4O2/c23-18(21-15-1-2-16-14(11-15)5-10-24-16)13-3-8-22(9-4-13)17-12-19-6-7-20-17/h1-2,5-7,10-13H,3-4,8-9H2,(H,21,23). The predicted octanol–water partition coefficient (Wildman–Crippen LogP) is 3.08. The summed E-state index contributed by atoms with van der Waals surface area (Å²) in [5.74, 6) is 0.983. The summed E-state index contributed by atoms with van der Waals surface area (Å²) in [5, 5.41) is 4.01. The molecular formula is C18H18N4O2. The normalized spacial score (nSPS) is 15.6. The van der Waals surface area contributed by atoms with Gasteiger partial charge in [0.2, 0.25) is 5.91 Å². The molecule has 1 aliphatic rings. The van der Waals surface area contributed by atoms with Gasteiger partial charge >= 0.3 is 0 Å². The number of nitrogens with zero attached hydrogens (tertiary/aromatic N) is 3. The number of amides is 1. The number of aromatic nitrogens is 2. The Kier molecular flexibility index (Phi) is 3.86. The average Bonchev–Trinajstić information content (AvgIpc) is 3.10. The van der Waals surface area contributed by atoms with Gasteiger partial charge in [-0.1, -0.05) is 0 Å². The molecular weight excluding hydrogens is 304 g/mol. The lowest BCUT2D eigenvalue weighted by atomic mass is 9.96. The first-order valence-electron chi connectivity index (χ1n) is 8.09. The Morgan fingerprint density at radius 2 is 2.08 bits per heavy atom. The van der Waals surface area contributed by atoms with Crippen molar-refractivity contribution in [1.82, 2.24) is 9.97 Å². The Labute approximate surface area is 139 Å². The van der Waals surface area contributed by atoms with Gasteiger partial charge in [0.1, 0.15) is 11.4 Å². The Morgan fingerprint density at radius 1 is 1.21 bits per heavy atom. The third kappa shape index (κ3) is 2.95. The van der Waals surface area contributed by atoms with Crippen molar-refractivity contribution >= 4 is 28.4 Å². The summed E-state index contributed by atoms with van der Waals surface area (Å²) in [6.45, 7) is 1.63. The van der Waals surface area contributed by atoms with Crippen LogP contribution in [-0.4, -0.2) is 29.0 Å². The Bertz CT molecular complexity index is 838. The van der Waals surface area contributed by atoms with Crippen LogP contribution >= 0.6 is 0 Å². The number of benzene rings is 1. The van der Waals surface area contributed by atoms with Crippen LogP contribution < -0.4 is 10.2 Å². The minimum atomic E-state index is 0.0259. The van der Waals surface area contributed by atoms with E-state index in [0.717, 1.165) is 48.4 Å². The molecule has 1 saturated heterocycles. The molecule has 3 aromatic rings. The lowest BCUT2D eigenvalue weighted by Gasteiger charge is -2.31. The van der Waals surface area contributed by atoms with Crippen molar-refractivity contribution in [3.05, 3.63) is 49.1 Å². The molecule has 1 amide bonds. The molecule has 24 heavy (non-hydrogen) atoms. The molecule has 4 rings (SSSR count). The topological polar surface area (TPSA) is 71.3 Å². The van der Waals surface area contributed by atoms with Crippen molar-refractivity contribution in [3.63, 3.8) is 0 Å². The average molecular weight is 322 g/mol. The summed E-state index contributed by atoms with van der Waals surface area (Å²) in [6, 6.07) is 7.58. The van der Waals surface area contributed by atoms with Gasteiger partial charge in [-0.15, -0.1) is 0 Å². The van der Waals surface area contributed by atoms with Crippen LogP contribution in [0.25, 0.3) is 11.0 Å².